The first kappa shape index (κ1) is 31.0. The Hall–Kier alpha value is -3.98. The summed E-state index contributed by atoms with van der Waals surface area (Å²) in [5.41, 5.74) is -2.10. The molecule has 6 rings (SSSR count). The third-order valence-corrected chi connectivity index (χ3v) is 11.6. The first-order valence-electron chi connectivity index (χ1n) is 15.5. The van der Waals surface area contributed by atoms with Crippen molar-refractivity contribution in [2.75, 3.05) is 7.11 Å². The number of fused-ring (bicyclic) bond motifs is 3. The van der Waals surface area contributed by atoms with E-state index in [9.17, 15) is 34.5 Å². The highest BCUT2D eigenvalue weighted by Gasteiger charge is 2.64. The van der Waals surface area contributed by atoms with Gasteiger partial charge in [0.1, 0.15) is 33.6 Å². The van der Waals surface area contributed by atoms with E-state index in [1.165, 1.54) is 13.2 Å². The van der Waals surface area contributed by atoms with Crippen molar-refractivity contribution >= 4 is 28.3 Å². The standard InChI is InChI=1S/C36H40O9/c1-17-7-8-21-33(43)28(44-6)14-30(42)36(21,31-13-26(41)32-25(40)9-19(37)10-27(32)45-31)22(17)11-23-18(2)24(39)12-29-34(3,4)15-20(38)16-35(23,29)5/h7,9-10,13-14,20-23,29,37-38,40H,2,8,11-12,15-16H2,1,3-6H3/t20-,21-,22+,23-,29-,35+,36-/m0/s1. The molecule has 1 aromatic carbocycles. The second-order valence-corrected chi connectivity index (χ2v) is 14.5. The van der Waals surface area contributed by atoms with Gasteiger partial charge in [0.2, 0.25) is 5.78 Å². The van der Waals surface area contributed by atoms with E-state index in [0.717, 1.165) is 23.8 Å². The van der Waals surface area contributed by atoms with Gasteiger partial charge in [0.25, 0.3) is 0 Å². The Labute approximate surface area is 261 Å². The molecule has 4 aliphatic carbocycles. The number of phenols is 2. The van der Waals surface area contributed by atoms with Crippen molar-refractivity contribution in [2.24, 2.45) is 34.5 Å². The van der Waals surface area contributed by atoms with E-state index in [2.05, 4.69) is 27.4 Å². The van der Waals surface area contributed by atoms with E-state index < -0.39 is 57.4 Å². The number of hydrogen-bond donors (Lipinski definition) is 3. The van der Waals surface area contributed by atoms with Crippen molar-refractivity contribution < 1.29 is 38.9 Å². The van der Waals surface area contributed by atoms with Crippen LogP contribution in [0.4, 0.5) is 0 Å². The van der Waals surface area contributed by atoms with Gasteiger partial charge in [-0.05, 0) is 60.8 Å². The van der Waals surface area contributed by atoms with Gasteiger partial charge in [0.15, 0.2) is 22.8 Å². The summed E-state index contributed by atoms with van der Waals surface area (Å²) in [5, 5.41) is 31.6. The molecular formula is C36H40O9. The number of carbonyl (C=O) groups is 3. The molecule has 45 heavy (non-hydrogen) atoms. The summed E-state index contributed by atoms with van der Waals surface area (Å²) >= 11 is 0. The minimum absolute atomic E-state index is 0.0502. The fourth-order valence-electron chi connectivity index (χ4n) is 9.64. The molecule has 2 saturated carbocycles. The molecule has 0 spiro atoms. The van der Waals surface area contributed by atoms with Crippen molar-refractivity contribution in [1.29, 1.82) is 0 Å². The molecular weight excluding hydrogens is 576 g/mol. The molecule has 1 heterocycles. The second kappa shape index (κ2) is 10.3. The number of hydrogen-bond acceptors (Lipinski definition) is 9. The van der Waals surface area contributed by atoms with Crippen LogP contribution in [-0.4, -0.2) is 45.9 Å². The molecule has 0 aliphatic heterocycles. The number of phenolic OH excluding ortho intramolecular Hbond substituents is 2. The molecule has 0 bridgehead atoms. The van der Waals surface area contributed by atoms with Crippen molar-refractivity contribution in [3.63, 3.8) is 0 Å². The highest BCUT2D eigenvalue weighted by atomic mass is 16.5. The first-order valence-corrected chi connectivity index (χ1v) is 15.5. The van der Waals surface area contributed by atoms with Gasteiger partial charge in [0, 0.05) is 42.5 Å². The number of Topliss-reactive ketones (excluding diaryl/α,β-unsaturated/α-hetero) is 2. The molecule has 2 fully saturated rings. The number of rotatable bonds is 4. The average Bonchev–Trinajstić information content (AvgIpc) is 2.93. The summed E-state index contributed by atoms with van der Waals surface area (Å²) in [6.07, 6.45) is 4.25. The monoisotopic (exact) mass is 616 g/mol. The Morgan fingerprint density at radius 1 is 1.04 bits per heavy atom. The third-order valence-electron chi connectivity index (χ3n) is 11.6. The van der Waals surface area contributed by atoms with Gasteiger partial charge in [-0.15, -0.1) is 0 Å². The number of methoxy groups -OCH3 is 1. The predicted molar refractivity (Wildman–Crippen MR) is 165 cm³/mol. The molecule has 1 aromatic heterocycles. The van der Waals surface area contributed by atoms with Crippen molar-refractivity contribution in [2.45, 2.75) is 71.3 Å². The molecule has 0 radical (unpaired) electrons. The van der Waals surface area contributed by atoms with Crippen LogP contribution in [0.3, 0.4) is 0 Å². The van der Waals surface area contributed by atoms with Gasteiger partial charge >= 0.3 is 0 Å². The van der Waals surface area contributed by atoms with Crippen LogP contribution in [0.1, 0.15) is 65.6 Å². The maximum Gasteiger partial charge on any atom is 0.202 e. The molecule has 4 aliphatic rings. The number of aliphatic hydroxyl groups excluding tert-OH is 1. The molecule has 0 saturated heterocycles. The average molecular weight is 617 g/mol. The summed E-state index contributed by atoms with van der Waals surface area (Å²) in [6, 6.07) is 3.38. The van der Waals surface area contributed by atoms with E-state index in [4.69, 9.17) is 9.15 Å². The van der Waals surface area contributed by atoms with Crippen molar-refractivity contribution in [1.82, 2.24) is 0 Å². The zero-order valence-electron chi connectivity index (χ0n) is 26.3. The number of ketones is 3. The fourth-order valence-corrected chi connectivity index (χ4v) is 9.64. The lowest BCUT2D eigenvalue weighted by molar-refractivity contribution is -0.144. The van der Waals surface area contributed by atoms with Crippen LogP contribution in [0.2, 0.25) is 0 Å². The lowest BCUT2D eigenvalue weighted by atomic mass is 9.44. The van der Waals surface area contributed by atoms with Crippen LogP contribution in [0.5, 0.6) is 11.5 Å². The summed E-state index contributed by atoms with van der Waals surface area (Å²) < 4.78 is 11.6. The number of benzene rings is 1. The van der Waals surface area contributed by atoms with Gasteiger partial charge in [-0.25, -0.2) is 0 Å². The minimum Gasteiger partial charge on any atom is -0.508 e. The van der Waals surface area contributed by atoms with E-state index in [-0.39, 0.29) is 58.2 Å². The third kappa shape index (κ3) is 4.37. The largest absolute Gasteiger partial charge is 0.508 e. The predicted octanol–water partition coefficient (Wildman–Crippen LogP) is 5.05. The maximum absolute atomic E-state index is 14.6. The summed E-state index contributed by atoms with van der Waals surface area (Å²) in [4.78, 5) is 55.6. The molecule has 238 valence electrons. The zero-order valence-corrected chi connectivity index (χ0v) is 26.3. The highest BCUT2D eigenvalue weighted by molar-refractivity contribution is 6.14. The lowest BCUT2D eigenvalue weighted by Crippen LogP contribution is -2.59. The number of carbonyl (C=O) groups excluding carboxylic acids is 3. The second-order valence-electron chi connectivity index (χ2n) is 14.5. The number of aliphatic hydroxyl groups is 1. The Kier molecular flexibility index (Phi) is 7.08. The smallest absolute Gasteiger partial charge is 0.202 e. The summed E-state index contributed by atoms with van der Waals surface area (Å²) in [6.45, 7) is 12.4. The van der Waals surface area contributed by atoms with E-state index in [1.54, 1.807) is 0 Å². The van der Waals surface area contributed by atoms with Crippen LogP contribution in [-0.2, 0) is 24.5 Å². The Morgan fingerprint density at radius 2 is 1.76 bits per heavy atom. The minimum atomic E-state index is -1.69. The number of allylic oxidation sites excluding steroid dienone is 5. The summed E-state index contributed by atoms with van der Waals surface area (Å²) in [5.74, 6) is -4.10. The number of aromatic hydroxyl groups is 2. The molecule has 7 atom stereocenters. The molecule has 0 unspecified atom stereocenters. The molecule has 0 amide bonds. The molecule has 2 aromatic rings. The van der Waals surface area contributed by atoms with Crippen LogP contribution >= 0.6 is 0 Å². The van der Waals surface area contributed by atoms with Gasteiger partial charge < -0.3 is 24.5 Å². The van der Waals surface area contributed by atoms with Gasteiger partial charge in [-0.2, -0.15) is 0 Å². The summed E-state index contributed by atoms with van der Waals surface area (Å²) in [7, 11) is 1.32. The van der Waals surface area contributed by atoms with Crippen LogP contribution in [0.25, 0.3) is 11.0 Å². The van der Waals surface area contributed by atoms with E-state index in [0.29, 0.717) is 24.8 Å². The normalized spacial score (nSPS) is 34.6. The topological polar surface area (TPSA) is 151 Å². The van der Waals surface area contributed by atoms with Gasteiger partial charge in [-0.3, -0.25) is 19.2 Å². The Balaban J connectivity index is 1.60. The van der Waals surface area contributed by atoms with E-state index >= 15 is 0 Å². The van der Waals surface area contributed by atoms with E-state index in [1.807, 2.05) is 13.0 Å². The lowest BCUT2D eigenvalue weighted by Gasteiger charge is -2.59. The first-order chi connectivity index (χ1) is 21.1. The maximum atomic E-state index is 14.6. The Morgan fingerprint density at radius 3 is 2.44 bits per heavy atom. The SMILES string of the molecule is C=C1C(=O)C[C@H]2C(C)(C)C[C@H](O)C[C@]2(C)[C@H]1C[C@@H]1C(C)=CC[C@H]2C(=O)C(OC)=CC(=O)[C@@]12c1cc(=O)c2c(O)cc(O)cc2o1. The zero-order chi connectivity index (χ0) is 32.8. The van der Waals surface area contributed by atoms with Gasteiger partial charge in [0.05, 0.1) is 13.2 Å². The fraction of sp³-hybridized carbons (Fsp3) is 0.500. The Bertz CT molecular complexity index is 1790. The molecule has 9 nitrogen and oxygen atoms in total. The van der Waals surface area contributed by atoms with Crippen molar-refractivity contribution in [3.05, 3.63) is 69.8 Å². The van der Waals surface area contributed by atoms with Crippen LogP contribution < -0.4 is 5.43 Å². The highest BCUT2D eigenvalue weighted by Crippen LogP contribution is 2.63. The van der Waals surface area contributed by atoms with Crippen LogP contribution in [0.15, 0.2) is 63.0 Å². The number of ether oxygens (including phenoxy) is 1. The van der Waals surface area contributed by atoms with Crippen LogP contribution in [0, 0.1) is 34.5 Å². The molecule has 9 heteroatoms. The van der Waals surface area contributed by atoms with Gasteiger partial charge in [-0.1, -0.05) is 39.0 Å². The molecule has 3 N–H and O–H groups in total. The van der Waals surface area contributed by atoms with Crippen molar-refractivity contribution in [3.8, 4) is 11.5 Å². The quantitative estimate of drug-likeness (QED) is 0.317.